The molecule has 12 aromatic carbocycles. The number of benzene rings is 12. The van der Waals surface area contributed by atoms with Gasteiger partial charge in [-0.25, -0.2) is 0 Å². The zero-order valence-electron chi connectivity index (χ0n) is 41.3. The Kier molecular flexibility index (Phi) is 10.8. The fraction of sp³-hybridized carbons (Fsp3) is 0.0137. The molecule has 0 bridgehead atoms. The molecule has 75 heavy (non-hydrogen) atoms. The second kappa shape index (κ2) is 18.4. The SMILES string of the molecule is c1ccc(-c2ccccc2-c2ccc(N(c3ccccc3)c3ccc(-c4ccccc4-c4ccc5c6ccccc6n(-c6cccc7c6-c6ccccc6C7(c6ccccc6)c6ccccc6)c5c4)cc3)cc2)cc1. The minimum Gasteiger partial charge on any atom is -0.311 e. The number of para-hydroxylation sites is 2. The molecule has 1 heterocycles. The Balaban J connectivity index is 0.873. The minimum atomic E-state index is -0.499. The van der Waals surface area contributed by atoms with Crippen LogP contribution in [-0.4, -0.2) is 4.57 Å². The van der Waals surface area contributed by atoms with Gasteiger partial charge in [-0.3, -0.25) is 0 Å². The van der Waals surface area contributed by atoms with Crippen LogP contribution in [-0.2, 0) is 5.41 Å². The van der Waals surface area contributed by atoms with Gasteiger partial charge in [-0.1, -0.05) is 249 Å². The Morgan fingerprint density at radius 1 is 0.267 bits per heavy atom. The van der Waals surface area contributed by atoms with Crippen molar-refractivity contribution in [3.63, 3.8) is 0 Å². The highest BCUT2D eigenvalue weighted by Gasteiger charge is 2.47. The quantitative estimate of drug-likeness (QED) is 0.133. The zero-order chi connectivity index (χ0) is 49.7. The summed E-state index contributed by atoms with van der Waals surface area (Å²) < 4.78 is 2.53. The van der Waals surface area contributed by atoms with Crippen molar-refractivity contribution in [1.29, 1.82) is 0 Å². The molecule has 0 saturated heterocycles. The number of anilines is 3. The van der Waals surface area contributed by atoms with E-state index in [0.717, 1.165) is 22.6 Å². The van der Waals surface area contributed by atoms with E-state index in [1.165, 1.54) is 99.8 Å². The van der Waals surface area contributed by atoms with Crippen LogP contribution >= 0.6 is 0 Å². The molecule has 352 valence electrons. The normalized spacial score (nSPS) is 12.4. The maximum atomic E-state index is 2.53. The summed E-state index contributed by atoms with van der Waals surface area (Å²) in [5.74, 6) is 0. The maximum Gasteiger partial charge on any atom is 0.0714 e. The monoisotopic (exact) mass is 954 g/mol. The molecule has 1 aliphatic carbocycles. The first-order valence-electron chi connectivity index (χ1n) is 25.9. The summed E-state index contributed by atoms with van der Waals surface area (Å²) in [4.78, 5) is 2.35. The van der Waals surface area contributed by atoms with Crippen molar-refractivity contribution in [2.24, 2.45) is 0 Å². The molecule has 0 unspecified atom stereocenters. The molecule has 0 saturated carbocycles. The van der Waals surface area contributed by atoms with Crippen LogP contribution in [0.15, 0.2) is 303 Å². The molecule has 2 nitrogen and oxygen atoms in total. The maximum absolute atomic E-state index is 2.53. The molecule has 0 amide bonds. The molecule has 0 N–H and O–H groups in total. The first-order valence-corrected chi connectivity index (χ1v) is 25.9. The van der Waals surface area contributed by atoms with Gasteiger partial charge in [0.15, 0.2) is 0 Å². The van der Waals surface area contributed by atoms with Crippen molar-refractivity contribution in [1.82, 2.24) is 4.57 Å². The molecule has 0 atom stereocenters. The third-order valence-corrected chi connectivity index (χ3v) is 15.5. The van der Waals surface area contributed by atoms with Crippen molar-refractivity contribution in [2.45, 2.75) is 5.41 Å². The summed E-state index contributed by atoms with van der Waals surface area (Å²) in [5.41, 5.74) is 23.5. The van der Waals surface area contributed by atoms with Gasteiger partial charge in [0.1, 0.15) is 0 Å². The van der Waals surface area contributed by atoms with E-state index in [4.69, 9.17) is 0 Å². The molecule has 13 aromatic rings. The van der Waals surface area contributed by atoms with Crippen molar-refractivity contribution >= 4 is 38.9 Å². The summed E-state index contributed by atoms with van der Waals surface area (Å²) in [6.45, 7) is 0. The molecular weight excluding hydrogens is 905 g/mol. The van der Waals surface area contributed by atoms with E-state index in [-0.39, 0.29) is 0 Å². The first-order chi connectivity index (χ1) is 37.2. The highest BCUT2D eigenvalue weighted by atomic mass is 15.1. The average Bonchev–Trinajstić information content (AvgIpc) is 4.10. The van der Waals surface area contributed by atoms with Gasteiger partial charge < -0.3 is 9.47 Å². The van der Waals surface area contributed by atoms with E-state index in [0.29, 0.717) is 0 Å². The summed E-state index contributed by atoms with van der Waals surface area (Å²) >= 11 is 0. The predicted molar refractivity (Wildman–Crippen MR) is 315 cm³/mol. The zero-order valence-corrected chi connectivity index (χ0v) is 41.3. The Bertz CT molecular complexity index is 4160. The molecule has 0 aliphatic heterocycles. The van der Waals surface area contributed by atoms with Crippen LogP contribution in [0.25, 0.3) is 83.1 Å². The number of nitrogens with zero attached hydrogens (tertiary/aromatic N) is 2. The van der Waals surface area contributed by atoms with Crippen LogP contribution in [0.4, 0.5) is 17.1 Å². The lowest BCUT2D eigenvalue weighted by Crippen LogP contribution is -2.28. The second-order valence-corrected chi connectivity index (χ2v) is 19.5. The van der Waals surface area contributed by atoms with Crippen molar-refractivity contribution in [3.8, 4) is 61.3 Å². The van der Waals surface area contributed by atoms with E-state index >= 15 is 0 Å². The van der Waals surface area contributed by atoms with Crippen molar-refractivity contribution in [2.75, 3.05) is 4.90 Å². The van der Waals surface area contributed by atoms with Gasteiger partial charge in [0, 0.05) is 33.4 Å². The fourth-order valence-corrected chi connectivity index (χ4v) is 12.3. The molecule has 0 fully saturated rings. The second-order valence-electron chi connectivity index (χ2n) is 19.5. The number of hydrogen-bond acceptors (Lipinski definition) is 1. The van der Waals surface area contributed by atoms with Crippen molar-refractivity contribution in [3.05, 3.63) is 326 Å². The molecule has 14 rings (SSSR count). The largest absolute Gasteiger partial charge is 0.311 e. The standard InChI is InChI=1S/C73H50N2/c1-5-22-51(23-6-1)60-30-13-14-31-61(60)52-40-45-58(46-41-52)74(57-28-11-4-12-29-57)59-47-42-53(43-48-59)62-32-15-16-33-63(62)54-44-49-65-64-34-18-20-38-69(64)75(71(65)50-54)70-39-21-37-68-72(70)66-35-17-19-36-67(66)73(68,55-24-7-2-8-25-55)56-26-9-3-10-27-56/h1-50H. The Hall–Kier alpha value is -9.76. The number of aromatic nitrogens is 1. The molecule has 1 aromatic heterocycles. The van der Waals surface area contributed by atoms with Crippen LogP contribution < -0.4 is 4.90 Å². The lowest BCUT2D eigenvalue weighted by Gasteiger charge is -2.34. The van der Waals surface area contributed by atoms with E-state index in [1.54, 1.807) is 0 Å². The van der Waals surface area contributed by atoms with Gasteiger partial charge in [-0.15, -0.1) is 0 Å². The van der Waals surface area contributed by atoms with Gasteiger partial charge in [0.2, 0.25) is 0 Å². The van der Waals surface area contributed by atoms with Gasteiger partial charge in [-0.2, -0.15) is 0 Å². The Labute approximate surface area is 438 Å². The van der Waals surface area contributed by atoms with Crippen LogP contribution in [0, 0.1) is 0 Å². The number of hydrogen-bond donors (Lipinski definition) is 0. The van der Waals surface area contributed by atoms with Gasteiger partial charge in [-0.05, 0) is 127 Å². The molecule has 1 aliphatic rings. The topological polar surface area (TPSA) is 8.17 Å². The molecule has 0 spiro atoms. The Morgan fingerprint density at radius 3 is 1.27 bits per heavy atom. The Morgan fingerprint density at radius 2 is 0.680 bits per heavy atom. The third-order valence-electron chi connectivity index (χ3n) is 15.5. The van der Waals surface area contributed by atoms with Crippen LogP contribution in [0.3, 0.4) is 0 Å². The van der Waals surface area contributed by atoms with E-state index < -0.39 is 5.41 Å². The summed E-state index contributed by atoms with van der Waals surface area (Å²) in [5, 5.41) is 2.46. The van der Waals surface area contributed by atoms with E-state index in [1.807, 2.05) is 0 Å². The van der Waals surface area contributed by atoms with Crippen LogP contribution in [0.1, 0.15) is 22.3 Å². The van der Waals surface area contributed by atoms with Crippen molar-refractivity contribution < 1.29 is 0 Å². The smallest absolute Gasteiger partial charge is 0.0714 e. The predicted octanol–water partition coefficient (Wildman–Crippen LogP) is 19.3. The molecule has 0 radical (unpaired) electrons. The first kappa shape index (κ1) is 44.0. The van der Waals surface area contributed by atoms with Crippen LogP contribution in [0.2, 0.25) is 0 Å². The minimum absolute atomic E-state index is 0.499. The fourth-order valence-electron chi connectivity index (χ4n) is 12.3. The van der Waals surface area contributed by atoms with E-state index in [9.17, 15) is 0 Å². The summed E-state index contributed by atoms with van der Waals surface area (Å²) in [6.07, 6.45) is 0. The summed E-state index contributed by atoms with van der Waals surface area (Å²) in [6, 6.07) is 111. The highest BCUT2D eigenvalue weighted by Crippen LogP contribution is 2.58. The van der Waals surface area contributed by atoms with Gasteiger partial charge >= 0.3 is 0 Å². The van der Waals surface area contributed by atoms with Gasteiger partial charge in [0.25, 0.3) is 0 Å². The average molecular weight is 955 g/mol. The van der Waals surface area contributed by atoms with E-state index in [2.05, 4.69) is 313 Å². The molecular formula is C73H50N2. The van der Waals surface area contributed by atoms with Gasteiger partial charge in [0.05, 0.1) is 22.1 Å². The lowest BCUT2D eigenvalue weighted by atomic mass is 9.68. The number of fused-ring (bicyclic) bond motifs is 6. The highest BCUT2D eigenvalue weighted by molar-refractivity contribution is 6.11. The van der Waals surface area contributed by atoms with Crippen LogP contribution in [0.5, 0.6) is 0 Å². The molecule has 2 heteroatoms. The summed E-state index contributed by atoms with van der Waals surface area (Å²) in [7, 11) is 0. The lowest BCUT2D eigenvalue weighted by molar-refractivity contribution is 0.768. The number of rotatable bonds is 10. The third kappa shape index (κ3) is 7.25.